The maximum Gasteiger partial charge on any atom is 0.202 e. The topological polar surface area (TPSA) is 86.3 Å². The van der Waals surface area contributed by atoms with Crippen LogP contribution in [0.1, 0.15) is 41.4 Å². The van der Waals surface area contributed by atoms with E-state index in [1.54, 1.807) is 25.8 Å². The Morgan fingerprint density at radius 3 is 2.94 bits per heavy atom. The van der Waals surface area contributed by atoms with E-state index >= 15 is 0 Å². The maximum absolute atomic E-state index is 12.1. The Balaban J connectivity index is 1.16. The monoisotopic (exact) mass is 467 g/mol. The minimum atomic E-state index is 0.0552. The van der Waals surface area contributed by atoms with Crippen LogP contribution in [0.3, 0.4) is 0 Å². The Labute approximate surface area is 197 Å². The average molecular weight is 468 g/mol. The Morgan fingerprint density at radius 1 is 1.36 bits per heavy atom. The van der Waals surface area contributed by atoms with Gasteiger partial charge in [-0.3, -0.25) is 4.79 Å². The zero-order valence-electron chi connectivity index (χ0n) is 19.5. The van der Waals surface area contributed by atoms with Gasteiger partial charge in [-0.05, 0) is 56.8 Å². The molecule has 0 radical (unpaired) electrons. The normalized spacial score (nSPS) is 21.9. The number of nitrogens with zero attached hydrogens (tertiary/aromatic N) is 5. The highest BCUT2D eigenvalue weighted by Crippen LogP contribution is 2.59. The fraction of sp³-hybridized carbons (Fsp3) is 0.500. The van der Waals surface area contributed by atoms with E-state index < -0.39 is 0 Å². The number of aryl methyl sites for hydroxylation is 1. The summed E-state index contributed by atoms with van der Waals surface area (Å²) in [5.74, 6) is 3.76. The largest absolute Gasteiger partial charge is 0.496 e. The lowest BCUT2D eigenvalue weighted by Crippen LogP contribution is -2.28. The van der Waals surface area contributed by atoms with E-state index in [0.717, 1.165) is 42.7 Å². The van der Waals surface area contributed by atoms with Crippen LogP contribution in [0.25, 0.3) is 11.6 Å². The highest BCUT2D eigenvalue weighted by molar-refractivity contribution is 7.99. The van der Waals surface area contributed by atoms with E-state index in [0.29, 0.717) is 28.8 Å². The number of likely N-dealkylation sites (tertiary alicyclic amines) is 1. The summed E-state index contributed by atoms with van der Waals surface area (Å²) in [7, 11) is 3.58. The quantitative estimate of drug-likeness (QED) is 0.267. The molecular weight excluding hydrogens is 438 g/mol. The smallest absolute Gasteiger partial charge is 0.202 e. The van der Waals surface area contributed by atoms with Gasteiger partial charge >= 0.3 is 0 Å². The SMILES string of the molecule is COc1ccc(C23C[C@@H]2CN(CCCSc2nnc(-c4ocnc4C)n2C)C3)cc1C(C)=O. The first-order chi connectivity index (χ1) is 15.9. The van der Waals surface area contributed by atoms with E-state index in [2.05, 4.69) is 32.2 Å². The number of aromatic nitrogens is 4. The van der Waals surface area contributed by atoms with Crippen LogP contribution in [-0.2, 0) is 12.5 Å². The molecule has 3 heterocycles. The molecule has 0 N–H and O–H groups in total. The number of ketones is 1. The van der Waals surface area contributed by atoms with Crippen molar-refractivity contribution in [1.82, 2.24) is 24.6 Å². The number of benzene rings is 1. The fourth-order valence-corrected chi connectivity index (χ4v) is 5.94. The van der Waals surface area contributed by atoms with Crippen molar-refractivity contribution in [2.75, 3.05) is 32.5 Å². The van der Waals surface area contributed by atoms with Gasteiger partial charge in [0.2, 0.25) is 5.82 Å². The summed E-state index contributed by atoms with van der Waals surface area (Å²) in [5, 5.41) is 9.49. The number of methoxy groups -OCH3 is 1. The summed E-state index contributed by atoms with van der Waals surface area (Å²) in [6.45, 7) is 6.76. The molecule has 33 heavy (non-hydrogen) atoms. The van der Waals surface area contributed by atoms with Crippen LogP contribution in [0, 0.1) is 12.8 Å². The number of oxazole rings is 1. The molecule has 174 valence electrons. The van der Waals surface area contributed by atoms with Crippen LogP contribution < -0.4 is 4.74 Å². The molecule has 1 unspecified atom stereocenters. The molecule has 3 aromatic rings. The van der Waals surface area contributed by atoms with Gasteiger partial charge in [0.15, 0.2) is 23.1 Å². The number of piperidine rings is 1. The molecule has 1 saturated carbocycles. The molecule has 0 amide bonds. The molecule has 1 aliphatic heterocycles. The highest BCUT2D eigenvalue weighted by atomic mass is 32.2. The third kappa shape index (κ3) is 3.97. The lowest BCUT2D eigenvalue weighted by Gasteiger charge is -2.21. The van der Waals surface area contributed by atoms with Gasteiger partial charge < -0.3 is 18.6 Å². The molecule has 8 nitrogen and oxygen atoms in total. The van der Waals surface area contributed by atoms with Gasteiger partial charge in [0.1, 0.15) is 5.75 Å². The number of carbonyl (C=O) groups is 1. The summed E-state index contributed by atoms with van der Waals surface area (Å²) in [5.41, 5.74) is 2.99. The summed E-state index contributed by atoms with van der Waals surface area (Å²) in [4.78, 5) is 18.8. The molecule has 9 heteroatoms. The zero-order valence-corrected chi connectivity index (χ0v) is 20.3. The molecule has 2 aromatic heterocycles. The fourth-order valence-electron chi connectivity index (χ4n) is 5.10. The van der Waals surface area contributed by atoms with Crippen LogP contribution in [0.5, 0.6) is 5.75 Å². The Bertz CT molecular complexity index is 1190. The van der Waals surface area contributed by atoms with E-state index in [4.69, 9.17) is 9.15 Å². The second kappa shape index (κ2) is 8.61. The third-order valence-electron chi connectivity index (χ3n) is 7.00. The lowest BCUT2D eigenvalue weighted by molar-refractivity contribution is 0.101. The van der Waals surface area contributed by atoms with Crippen LogP contribution in [0.4, 0.5) is 0 Å². The van der Waals surface area contributed by atoms with Crippen molar-refractivity contribution < 1.29 is 13.9 Å². The minimum absolute atomic E-state index is 0.0552. The molecule has 0 bridgehead atoms. The van der Waals surface area contributed by atoms with Gasteiger partial charge in [-0.25, -0.2) is 4.98 Å². The van der Waals surface area contributed by atoms with E-state index in [-0.39, 0.29) is 11.2 Å². The Kier molecular flexibility index (Phi) is 5.78. The zero-order chi connectivity index (χ0) is 23.2. The van der Waals surface area contributed by atoms with Gasteiger partial charge in [-0.2, -0.15) is 0 Å². The molecule has 0 spiro atoms. The third-order valence-corrected chi connectivity index (χ3v) is 8.11. The van der Waals surface area contributed by atoms with Crippen molar-refractivity contribution in [2.24, 2.45) is 13.0 Å². The molecular formula is C24H29N5O3S. The number of carbonyl (C=O) groups excluding carboxylic acids is 1. The standard InChI is InChI=1S/C24H29N5O3S/c1-15-21(32-14-25-15)22-26-27-23(28(22)3)33-9-5-8-29-12-18-11-24(18,13-29)17-6-7-20(31-4)19(10-17)16(2)30/h6-7,10,14,18H,5,8-9,11-13H2,1-4H3/t18-,24?/m1/s1. The number of rotatable bonds is 9. The number of ether oxygens (including phenoxy) is 1. The summed E-state index contributed by atoms with van der Waals surface area (Å²) in [6.07, 6.45) is 3.73. The first-order valence-electron chi connectivity index (χ1n) is 11.3. The number of hydrogen-bond donors (Lipinski definition) is 0. The molecule has 1 saturated heterocycles. The van der Waals surface area contributed by atoms with Gasteiger partial charge in [0.05, 0.1) is 18.4 Å². The van der Waals surface area contributed by atoms with Gasteiger partial charge in [0, 0.05) is 31.3 Å². The van der Waals surface area contributed by atoms with Crippen LogP contribution in [0.2, 0.25) is 0 Å². The Morgan fingerprint density at radius 2 is 2.21 bits per heavy atom. The van der Waals surface area contributed by atoms with Gasteiger partial charge in [-0.1, -0.05) is 17.8 Å². The lowest BCUT2D eigenvalue weighted by atomic mass is 9.92. The van der Waals surface area contributed by atoms with E-state index in [9.17, 15) is 4.79 Å². The molecule has 1 aliphatic carbocycles. The van der Waals surface area contributed by atoms with Crippen molar-refractivity contribution in [3.05, 3.63) is 41.4 Å². The van der Waals surface area contributed by atoms with Crippen molar-refractivity contribution in [2.45, 2.75) is 37.3 Å². The average Bonchev–Trinajstić information content (AvgIpc) is 3.10. The molecule has 2 atom stereocenters. The molecule has 2 fully saturated rings. The number of fused-ring (bicyclic) bond motifs is 1. The maximum atomic E-state index is 12.1. The molecule has 2 aliphatic rings. The van der Waals surface area contributed by atoms with Crippen molar-refractivity contribution >= 4 is 17.5 Å². The number of Topliss-reactive ketones (excluding diaryl/α,β-unsaturated/α-hetero) is 1. The highest BCUT2D eigenvalue weighted by Gasteiger charge is 2.60. The van der Waals surface area contributed by atoms with Crippen LogP contribution in [-0.4, -0.2) is 62.9 Å². The number of thioether (sulfide) groups is 1. The molecule has 1 aromatic carbocycles. The van der Waals surface area contributed by atoms with Gasteiger partial charge in [0.25, 0.3) is 0 Å². The van der Waals surface area contributed by atoms with Crippen LogP contribution >= 0.6 is 11.8 Å². The predicted octanol–water partition coefficient (Wildman–Crippen LogP) is 3.75. The van der Waals surface area contributed by atoms with Crippen molar-refractivity contribution in [3.8, 4) is 17.3 Å². The van der Waals surface area contributed by atoms with E-state index in [1.807, 2.05) is 24.6 Å². The predicted molar refractivity (Wildman–Crippen MR) is 126 cm³/mol. The molecule has 5 rings (SSSR count). The first kappa shape index (κ1) is 22.2. The first-order valence-corrected chi connectivity index (χ1v) is 12.3. The second-order valence-electron chi connectivity index (χ2n) is 9.10. The van der Waals surface area contributed by atoms with Crippen molar-refractivity contribution in [1.29, 1.82) is 0 Å². The summed E-state index contributed by atoms with van der Waals surface area (Å²) >= 11 is 1.72. The van der Waals surface area contributed by atoms with Crippen molar-refractivity contribution in [3.63, 3.8) is 0 Å². The second-order valence-corrected chi connectivity index (χ2v) is 10.2. The summed E-state index contributed by atoms with van der Waals surface area (Å²) in [6, 6.07) is 6.15. The summed E-state index contributed by atoms with van der Waals surface area (Å²) < 4.78 is 12.8. The van der Waals surface area contributed by atoms with Crippen LogP contribution in [0.15, 0.2) is 34.2 Å². The van der Waals surface area contributed by atoms with Gasteiger partial charge in [-0.15, -0.1) is 10.2 Å². The van der Waals surface area contributed by atoms with E-state index in [1.165, 1.54) is 18.4 Å². The Hall–Kier alpha value is -2.65. The number of hydrogen-bond acceptors (Lipinski definition) is 8. The minimum Gasteiger partial charge on any atom is -0.496 e.